The van der Waals surface area contributed by atoms with Gasteiger partial charge in [0.1, 0.15) is 16.8 Å². The van der Waals surface area contributed by atoms with E-state index in [9.17, 15) is 0 Å². The van der Waals surface area contributed by atoms with Crippen molar-refractivity contribution in [2.45, 2.75) is 6.92 Å². The van der Waals surface area contributed by atoms with Crippen LogP contribution in [0.5, 0.6) is 0 Å². The zero-order valence-electron chi connectivity index (χ0n) is 11.3. The van der Waals surface area contributed by atoms with Gasteiger partial charge in [-0.25, -0.2) is 4.98 Å². The van der Waals surface area contributed by atoms with Gasteiger partial charge in [0, 0.05) is 12.7 Å². The number of hydrogen-bond donors (Lipinski definition) is 0. The summed E-state index contributed by atoms with van der Waals surface area (Å²) in [6.45, 7) is 2.01. The Labute approximate surface area is 121 Å². The highest BCUT2D eigenvalue weighted by molar-refractivity contribution is 7.19. The summed E-state index contributed by atoms with van der Waals surface area (Å²) in [5.74, 6) is 0. The molecule has 2 heterocycles. The molecule has 0 saturated heterocycles. The molecular weight excluding hydrogens is 266 g/mol. The van der Waals surface area contributed by atoms with Crippen molar-refractivity contribution in [2.75, 3.05) is 0 Å². The quantitative estimate of drug-likeness (QED) is 0.712. The molecule has 0 fully saturated rings. The van der Waals surface area contributed by atoms with Gasteiger partial charge in [0.2, 0.25) is 0 Å². The molecule has 0 radical (unpaired) electrons. The van der Waals surface area contributed by atoms with Crippen LogP contribution < -0.4 is 0 Å². The second-order valence-electron chi connectivity index (χ2n) is 4.59. The number of nitriles is 1. The van der Waals surface area contributed by atoms with Crippen LogP contribution in [0.3, 0.4) is 0 Å². The van der Waals surface area contributed by atoms with Gasteiger partial charge >= 0.3 is 0 Å². The molecule has 0 bridgehead atoms. The van der Waals surface area contributed by atoms with E-state index in [-0.39, 0.29) is 0 Å². The van der Waals surface area contributed by atoms with Gasteiger partial charge in [0.05, 0.1) is 10.2 Å². The Morgan fingerprint density at radius 1 is 1.30 bits per heavy atom. The van der Waals surface area contributed by atoms with Gasteiger partial charge in [-0.05, 0) is 36.8 Å². The predicted molar refractivity (Wildman–Crippen MR) is 83.4 cm³/mol. The molecule has 3 nitrogen and oxygen atoms in total. The lowest BCUT2D eigenvalue weighted by atomic mass is 10.2. The standard InChI is InChI=1S/C16H13N3S/c1-11-12(9-13(10-17)19(11)2)7-8-16-18-14-5-3-4-6-15(14)20-16/h3-9H,1-2H3/b8-7+. The third-order valence-corrected chi connectivity index (χ3v) is 4.41. The normalized spacial score (nSPS) is 11.2. The van der Waals surface area contributed by atoms with Crippen molar-refractivity contribution >= 4 is 33.7 Å². The monoisotopic (exact) mass is 279 g/mol. The van der Waals surface area contributed by atoms with E-state index < -0.39 is 0 Å². The van der Waals surface area contributed by atoms with E-state index in [1.165, 1.54) is 4.70 Å². The van der Waals surface area contributed by atoms with Crippen LogP contribution >= 0.6 is 11.3 Å². The molecule has 98 valence electrons. The fourth-order valence-electron chi connectivity index (χ4n) is 2.12. The first-order chi connectivity index (χ1) is 9.69. The average Bonchev–Trinajstić information content (AvgIpc) is 2.99. The molecule has 0 aliphatic carbocycles. The maximum absolute atomic E-state index is 9.03. The second kappa shape index (κ2) is 4.95. The molecule has 0 atom stereocenters. The fourth-order valence-corrected chi connectivity index (χ4v) is 2.99. The molecule has 0 aliphatic rings. The molecule has 20 heavy (non-hydrogen) atoms. The Balaban J connectivity index is 1.96. The lowest BCUT2D eigenvalue weighted by molar-refractivity contribution is 0.865. The van der Waals surface area contributed by atoms with E-state index >= 15 is 0 Å². The van der Waals surface area contributed by atoms with Crippen LogP contribution in [0.15, 0.2) is 30.3 Å². The third-order valence-electron chi connectivity index (χ3n) is 3.40. The van der Waals surface area contributed by atoms with Gasteiger partial charge in [0.15, 0.2) is 0 Å². The molecule has 0 N–H and O–H groups in total. The minimum Gasteiger partial charge on any atom is -0.339 e. The first-order valence-corrected chi connectivity index (χ1v) is 7.11. The number of nitrogens with zero attached hydrogens (tertiary/aromatic N) is 3. The van der Waals surface area contributed by atoms with Crippen molar-refractivity contribution in [3.63, 3.8) is 0 Å². The first-order valence-electron chi connectivity index (χ1n) is 6.29. The van der Waals surface area contributed by atoms with E-state index in [0.717, 1.165) is 21.8 Å². The smallest absolute Gasteiger partial charge is 0.120 e. The van der Waals surface area contributed by atoms with Gasteiger partial charge in [-0.2, -0.15) is 5.26 Å². The predicted octanol–water partition coefficient (Wildman–Crippen LogP) is 3.99. The van der Waals surface area contributed by atoms with Crippen molar-refractivity contribution in [3.05, 3.63) is 52.3 Å². The lowest BCUT2D eigenvalue weighted by Crippen LogP contribution is -1.93. The number of benzene rings is 1. The van der Waals surface area contributed by atoms with Crippen LogP contribution in [0.25, 0.3) is 22.4 Å². The Hall–Kier alpha value is -2.38. The maximum atomic E-state index is 9.03. The van der Waals surface area contributed by atoms with Gasteiger partial charge in [-0.1, -0.05) is 18.2 Å². The molecule has 4 heteroatoms. The van der Waals surface area contributed by atoms with Crippen LogP contribution in [0.1, 0.15) is 22.0 Å². The maximum Gasteiger partial charge on any atom is 0.120 e. The molecule has 1 aromatic carbocycles. The van der Waals surface area contributed by atoms with E-state index in [1.807, 2.05) is 55.0 Å². The summed E-state index contributed by atoms with van der Waals surface area (Å²) in [5.41, 5.74) is 3.84. The number of hydrogen-bond acceptors (Lipinski definition) is 3. The summed E-state index contributed by atoms with van der Waals surface area (Å²) in [6, 6.07) is 12.2. The lowest BCUT2D eigenvalue weighted by Gasteiger charge is -1.97. The van der Waals surface area contributed by atoms with E-state index in [1.54, 1.807) is 11.3 Å². The van der Waals surface area contributed by atoms with E-state index in [0.29, 0.717) is 5.69 Å². The molecule has 0 amide bonds. The zero-order chi connectivity index (χ0) is 14.1. The minimum absolute atomic E-state index is 0.673. The summed E-state index contributed by atoms with van der Waals surface area (Å²) in [5, 5.41) is 10.0. The van der Waals surface area contributed by atoms with Crippen molar-refractivity contribution in [3.8, 4) is 6.07 Å². The molecule has 2 aromatic heterocycles. The van der Waals surface area contributed by atoms with Gasteiger partial charge in [-0.3, -0.25) is 0 Å². The van der Waals surface area contributed by atoms with Crippen LogP contribution in [0.2, 0.25) is 0 Å². The third kappa shape index (κ3) is 2.13. The van der Waals surface area contributed by atoms with Crippen LogP contribution in [-0.4, -0.2) is 9.55 Å². The largest absolute Gasteiger partial charge is 0.339 e. The van der Waals surface area contributed by atoms with Crippen LogP contribution in [0, 0.1) is 18.3 Å². The number of fused-ring (bicyclic) bond motifs is 1. The number of para-hydroxylation sites is 1. The minimum atomic E-state index is 0.673. The van der Waals surface area contributed by atoms with Gasteiger partial charge < -0.3 is 4.57 Å². The topological polar surface area (TPSA) is 41.6 Å². The SMILES string of the molecule is Cc1c(/C=C/c2nc3ccccc3s2)cc(C#N)n1C. The number of rotatable bonds is 2. The Bertz CT molecular complexity index is 813. The number of thiazole rings is 1. The zero-order valence-corrected chi connectivity index (χ0v) is 12.1. The van der Waals surface area contributed by atoms with Crippen LogP contribution in [0.4, 0.5) is 0 Å². The molecule has 3 aromatic rings. The van der Waals surface area contributed by atoms with Crippen molar-refractivity contribution in [1.29, 1.82) is 5.26 Å². The summed E-state index contributed by atoms with van der Waals surface area (Å²) >= 11 is 1.67. The van der Waals surface area contributed by atoms with Gasteiger partial charge in [-0.15, -0.1) is 11.3 Å². The van der Waals surface area contributed by atoms with Crippen molar-refractivity contribution < 1.29 is 0 Å². The molecule has 0 saturated carbocycles. The van der Waals surface area contributed by atoms with E-state index in [2.05, 4.69) is 17.1 Å². The molecule has 0 unspecified atom stereocenters. The highest BCUT2D eigenvalue weighted by atomic mass is 32.1. The summed E-state index contributed by atoms with van der Waals surface area (Å²) in [6.07, 6.45) is 4.03. The summed E-state index contributed by atoms with van der Waals surface area (Å²) < 4.78 is 3.09. The Morgan fingerprint density at radius 2 is 2.10 bits per heavy atom. The average molecular weight is 279 g/mol. The Morgan fingerprint density at radius 3 is 2.80 bits per heavy atom. The summed E-state index contributed by atoms with van der Waals surface area (Å²) in [4.78, 5) is 4.57. The number of aromatic nitrogens is 2. The van der Waals surface area contributed by atoms with Crippen LogP contribution in [-0.2, 0) is 7.05 Å². The molecule has 0 aliphatic heterocycles. The highest BCUT2D eigenvalue weighted by Gasteiger charge is 2.06. The van der Waals surface area contributed by atoms with Crippen molar-refractivity contribution in [1.82, 2.24) is 9.55 Å². The second-order valence-corrected chi connectivity index (χ2v) is 5.66. The van der Waals surface area contributed by atoms with E-state index in [4.69, 9.17) is 5.26 Å². The molecular formula is C16H13N3S. The fraction of sp³-hybridized carbons (Fsp3) is 0.125. The van der Waals surface area contributed by atoms with Gasteiger partial charge in [0.25, 0.3) is 0 Å². The Kier molecular flexibility index (Phi) is 3.13. The summed E-state index contributed by atoms with van der Waals surface area (Å²) in [7, 11) is 1.91. The first kappa shape index (κ1) is 12.6. The molecule has 0 spiro atoms. The highest BCUT2D eigenvalue weighted by Crippen LogP contribution is 2.24. The van der Waals surface area contributed by atoms with Crippen molar-refractivity contribution in [2.24, 2.45) is 7.05 Å². The molecule has 3 rings (SSSR count).